The van der Waals surface area contributed by atoms with E-state index in [1.807, 2.05) is 24.6 Å². The van der Waals surface area contributed by atoms with Crippen molar-refractivity contribution in [3.8, 4) is 0 Å². The van der Waals surface area contributed by atoms with Gasteiger partial charge in [-0.05, 0) is 38.1 Å². The van der Waals surface area contributed by atoms with Gasteiger partial charge in [-0.15, -0.1) is 11.3 Å². The molecule has 1 aromatic heterocycles. The smallest absolute Gasteiger partial charge is 0.125 e. The van der Waals surface area contributed by atoms with Gasteiger partial charge in [-0.3, -0.25) is 0 Å². The molecule has 1 saturated carbocycles. The summed E-state index contributed by atoms with van der Waals surface area (Å²) >= 11 is 1.82. The van der Waals surface area contributed by atoms with Gasteiger partial charge < -0.3 is 10.1 Å². The third-order valence-corrected chi connectivity index (χ3v) is 5.20. The Morgan fingerprint density at radius 2 is 2.42 bits per heavy atom. The van der Waals surface area contributed by atoms with Crippen LogP contribution in [0.4, 0.5) is 0 Å². The van der Waals surface area contributed by atoms with Crippen molar-refractivity contribution < 1.29 is 4.74 Å². The molecule has 0 bridgehead atoms. The molecule has 1 aliphatic carbocycles. The Hall–Kier alpha value is -0.450. The van der Waals surface area contributed by atoms with Gasteiger partial charge >= 0.3 is 0 Å². The SMILES string of the molecule is CCCNCc1cnc(C2(OC)CCCC(C)C2)s1. The monoisotopic (exact) mass is 282 g/mol. The van der Waals surface area contributed by atoms with Crippen molar-refractivity contribution in [2.24, 2.45) is 5.92 Å². The predicted molar refractivity (Wildman–Crippen MR) is 80.4 cm³/mol. The number of hydrogen-bond acceptors (Lipinski definition) is 4. The van der Waals surface area contributed by atoms with Crippen LogP contribution in [0, 0.1) is 5.92 Å². The van der Waals surface area contributed by atoms with Gasteiger partial charge in [-0.25, -0.2) is 4.98 Å². The van der Waals surface area contributed by atoms with E-state index >= 15 is 0 Å². The first-order valence-corrected chi connectivity index (χ1v) is 8.23. The number of aromatic nitrogens is 1. The molecule has 0 aliphatic heterocycles. The Morgan fingerprint density at radius 1 is 1.58 bits per heavy atom. The number of methoxy groups -OCH3 is 1. The standard InChI is InChI=1S/C15H26N2OS/c1-4-8-16-10-13-11-17-14(19-13)15(18-3)7-5-6-12(2)9-15/h11-12,16H,4-10H2,1-3H3. The van der Waals surface area contributed by atoms with Crippen LogP contribution in [0.2, 0.25) is 0 Å². The molecule has 0 spiro atoms. The van der Waals surface area contributed by atoms with E-state index < -0.39 is 0 Å². The van der Waals surface area contributed by atoms with E-state index in [2.05, 4.69) is 24.1 Å². The molecular formula is C15H26N2OS. The highest BCUT2D eigenvalue weighted by Crippen LogP contribution is 2.43. The third-order valence-electron chi connectivity index (χ3n) is 4.02. The summed E-state index contributed by atoms with van der Waals surface area (Å²) in [4.78, 5) is 5.97. The van der Waals surface area contributed by atoms with Crippen molar-refractivity contribution >= 4 is 11.3 Å². The van der Waals surface area contributed by atoms with Gasteiger partial charge in [0.2, 0.25) is 0 Å². The molecule has 4 heteroatoms. The van der Waals surface area contributed by atoms with Crippen LogP contribution in [-0.4, -0.2) is 18.6 Å². The van der Waals surface area contributed by atoms with Gasteiger partial charge in [-0.2, -0.15) is 0 Å². The molecule has 2 rings (SSSR count). The summed E-state index contributed by atoms with van der Waals surface area (Å²) in [5.74, 6) is 0.735. The van der Waals surface area contributed by atoms with Crippen molar-refractivity contribution in [1.82, 2.24) is 10.3 Å². The lowest BCUT2D eigenvalue weighted by Crippen LogP contribution is -2.34. The fourth-order valence-electron chi connectivity index (χ4n) is 2.96. The predicted octanol–water partition coefficient (Wildman–Crippen LogP) is 3.69. The lowest BCUT2D eigenvalue weighted by atomic mass is 9.79. The van der Waals surface area contributed by atoms with Crippen molar-refractivity contribution in [3.05, 3.63) is 16.1 Å². The van der Waals surface area contributed by atoms with Gasteiger partial charge in [0.25, 0.3) is 0 Å². The first-order chi connectivity index (χ1) is 9.20. The Bertz CT molecular complexity index is 393. The quantitative estimate of drug-likeness (QED) is 0.808. The first-order valence-electron chi connectivity index (χ1n) is 7.41. The molecule has 108 valence electrons. The molecule has 0 radical (unpaired) electrons. The first kappa shape index (κ1) is 14.9. The van der Waals surface area contributed by atoms with E-state index in [9.17, 15) is 0 Å². The number of ether oxygens (including phenoxy) is 1. The maximum absolute atomic E-state index is 5.90. The van der Waals surface area contributed by atoms with Crippen LogP contribution in [0.1, 0.15) is 55.8 Å². The summed E-state index contributed by atoms with van der Waals surface area (Å²) in [5, 5.41) is 4.61. The van der Waals surface area contributed by atoms with E-state index in [0.29, 0.717) is 0 Å². The summed E-state index contributed by atoms with van der Waals surface area (Å²) in [6, 6.07) is 0. The summed E-state index contributed by atoms with van der Waals surface area (Å²) in [6.07, 6.45) is 7.98. The number of thiazole rings is 1. The summed E-state index contributed by atoms with van der Waals surface area (Å²) in [5.41, 5.74) is -0.120. The van der Waals surface area contributed by atoms with E-state index in [4.69, 9.17) is 4.74 Å². The second-order valence-electron chi connectivity index (χ2n) is 5.71. The number of rotatable bonds is 6. The van der Waals surface area contributed by atoms with Gasteiger partial charge in [0, 0.05) is 24.7 Å². The number of nitrogens with one attached hydrogen (secondary N) is 1. The Balaban J connectivity index is 2.06. The van der Waals surface area contributed by atoms with E-state index in [1.54, 1.807) is 0 Å². The number of nitrogens with zero attached hydrogens (tertiary/aromatic N) is 1. The highest BCUT2D eigenvalue weighted by atomic mass is 32.1. The molecule has 0 aromatic carbocycles. The molecular weight excluding hydrogens is 256 g/mol. The maximum Gasteiger partial charge on any atom is 0.125 e. The van der Waals surface area contributed by atoms with Gasteiger partial charge in [0.15, 0.2) is 0 Å². The molecule has 2 atom stereocenters. The minimum Gasteiger partial charge on any atom is -0.371 e. The fourth-order valence-corrected chi connectivity index (χ4v) is 4.05. The second kappa shape index (κ2) is 6.82. The molecule has 1 N–H and O–H groups in total. The zero-order valence-electron chi connectivity index (χ0n) is 12.4. The zero-order valence-corrected chi connectivity index (χ0v) is 13.2. The maximum atomic E-state index is 5.90. The normalized spacial score (nSPS) is 27.6. The van der Waals surface area contributed by atoms with E-state index in [1.165, 1.54) is 29.1 Å². The Labute approximate surface area is 120 Å². The van der Waals surface area contributed by atoms with Gasteiger partial charge in [-0.1, -0.05) is 20.3 Å². The molecule has 1 fully saturated rings. The zero-order chi connectivity index (χ0) is 13.7. The molecule has 1 heterocycles. The van der Waals surface area contributed by atoms with Gasteiger partial charge in [0.1, 0.15) is 10.6 Å². The molecule has 3 nitrogen and oxygen atoms in total. The molecule has 1 aromatic rings. The van der Waals surface area contributed by atoms with E-state index in [0.717, 1.165) is 31.8 Å². The van der Waals surface area contributed by atoms with Crippen LogP contribution in [-0.2, 0) is 16.9 Å². The number of hydrogen-bond donors (Lipinski definition) is 1. The fraction of sp³-hybridized carbons (Fsp3) is 0.800. The topological polar surface area (TPSA) is 34.2 Å². The highest BCUT2D eigenvalue weighted by molar-refractivity contribution is 7.11. The molecule has 1 aliphatic rings. The van der Waals surface area contributed by atoms with E-state index in [-0.39, 0.29) is 5.60 Å². The average Bonchev–Trinajstić information content (AvgIpc) is 2.88. The van der Waals surface area contributed by atoms with Crippen molar-refractivity contribution in [3.63, 3.8) is 0 Å². The minimum atomic E-state index is -0.120. The molecule has 0 saturated heterocycles. The molecule has 0 amide bonds. The van der Waals surface area contributed by atoms with Crippen LogP contribution < -0.4 is 5.32 Å². The lowest BCUT2D eigenvalue weighted by Gasteiger charge is -2.37. The van der Waals surface area contributed by atoms with Crippen molar-refractivity contribution in [2.75, 3.05) is 13.7 Å². The van der Waals surface area contributed by atoms with Crippen LogP contribution in [0.15, 0.2) is 6.20 Å². The van der Waals surface area contributed by atoms with Crippen LogP contribution in [0.3, 0.4) is 0 Å². The average molecular weight is 282 g/mol. The molecule has 2 unspecified atom stereocenters. The summed E-state index contributed by atoms with van der Waals surface area (Å²) in [7, 11) is 1.84. The van der Waals surface area contributed by atoms with Crippen LogP contribution in [0.5, 0.6) is 0 Å². The highest BCUT2D eigenvalue weighted by Gasteiger charge is 2.39. The van der Waals surface area contributed by atoms with Crippen molar-refractivity contribution in [1.29, 1.82) is 0 Å². The third kappa shape index (κ3) is 3.56. The molecule has 19 heavy (non-hydrogen) atoms. The summed E-state index contributed by atoms with van der Waals surface area (Å²) < 4.78 is 5.90. The Kier molecular flexibility index (Phi) is 5.37. The summed E-state index contributed by atoms with van der Waals surface area (Å²) in [6.45, 7) is 6.51. The van der Waals surface area contributed by atoms with Gasteiger partial charge in [0.05, 0.1) is 0 Å². The second-order valence-corrected chi connectivity index (χ2v) is 6.82. The van der Waals surface area contributed by atoms with Crippen LogP contribution >= 0.6 is 11.3 Å². The Morgan fingerprint density at radius 3 is 3.11 bits per heavy atom. The minimum absolute atomic E-state index is 0.120. The largest absolute Gasteiger partial charge is 0.371 e. The van der Waals surface area contributed by atoms with Crippen LogP contribution in [0.25, 0.3) is 0 Å². The lowest BCUT2D eigenvalue weighted by molar-refractivity contribution is -0.0580. The van der Waals surface area contributed by atoms with Crippen molar-refractivity contribution in [2.45, 2.75) is 58.1 Å².